The topological polar surface area (TPSA) is 72.8 Å². The molecule has 5 nitrogen and oxygen atoms in total. The van der Waals surface area contributed by atoms with Gasteiger partial charge in [0.25, 0.3) is 0 Å². The minimum atomic E-state index is -4.06. The summed E-state index contributed by atoms with van der Waals surface area (Å²) in [5.41, 5.74) is 0.805. The van der Waals surface area contributed by atoms with Gasteiger partial charge in [0.15, 0.2) is 0 Å². The van der Waals surface area contributed by atoms with Crippen molar-refractivity contribution >= 4 is 46.0 Å². The van der Waals surface area contributed by atoms with Gasteiger partial charge in [0.05, 0.1) is 13.2 Å². The zero-order valence-electron chi connectivity index (χ0n) is 8.44. The van der Waals surface area contributed by atoms with E-state index in [2.05, 4.69) is 8.37 Å². The first kappa shape index (κ1) is 16.6. The van der Waals surface area contributed by atoms with Crippen LogP contribution in [0.3, 0.4) is 0 Å². The van der Waals surface area contributed by atoms with Gasteiger partial charge < -0.3 is 9.29 Å². The van der Waals surface area contributed by atoms with E-state index in [1.54, 1.807) is 12.1 Å². The molecule has 0 aliphatic rings. The van der Waals surface area contributed by atoms with Crippen LogP contribution in [0.5, 0.6) is 0 Å². The molecule has 0 aliphatic carbocycles. The first-order chi connectivity index (χ1) is 7.64. The van der Waals surface area contributed by atoms with Crippen LogP contribution in [-0.4, -0.2) is 56.3 Å². The fourth-order valence-electron chi connectivity index (χ4n) is 0.906. The van der Waals surface area contributed by atoms with Crippen molar-refractivity contribution in [3.05, 3.63) is 42.2 Å². The van der Waals surface area contributed by atoms with Crippen molar-refractivity contribution in [2.45, 2.75) is 0 Å². The summed E-state index contributed by atoms with van der Waals surface area (Å²) in [6.45, 7) is -0.702. The monoisotopic (exact) mass is 268 g/mol. The summed E-state index contributed by atoms with van der Waals surface area (Å²) in [4.78, 5) is 0. The van der Waals surface area contributed by atoms with Crippen LogP contribution in [0.1, 0.15) is 5.56 Å². The Morgan fingerprint density at radius 2 is 1.88 bits per heavy atom. The Balaban J connectivity index is 0.00000256. The number of aliphatic hydroxyl groups is 1. The molecule has 1 aromatic rings. The summed E-state index contributed by atoms with van der Waals surface area (Å²) in [7, 11) is -4.06. The molecule has 17 heavy (non-hydrogen) atoms. The van der Waals surface area contributed by atoms with Gasteiger partial charge in [-0.3, -0.25) is 0 Å². The van der Waals surface area contributed by atoms with Crippen molar-refractivity contribution < 1.29 is 21.9 Å². The van der Waals surface area contributed by atoms with Crippen molar-refractivity contribution in [2.24, 2.45) is 0 Å². The third kappa shape index (κ3) is 7.54. The Hall–Kier alpha value is -0.370. The van der Waals surface area contributed by atoms with E-state index in [1.807, 2.05) is 18.2 Å². The van der Waals surface area contributed by atoms with E-state index in [-0.39, 0.29) is 42.8 Å². The van der Waals surface area contributed by atoms with Crippen LogP contribution in [0.2, 0.25) is 0 Å². The molecule has 0 unspecified atom stereocenters. The molecule has 0 heterocycles. The second-order valence-electron chi connectivity index (χ2n) is 2.76. The maximum absolute atomic E-state index is 11.0. The number of rotatable bonds is 6. The summed E-state index contributed by atoms with van der Waals surface area (Å²) in [5.74, 6) is 0. The molecule has 0 amide bonds. The average molecular weight is 268 g/mol. The van der Waals surface area contributed by atoms with Crippen LogP contribution in [0.15, 0.2) is 36.6 Å². The maximum atomic E-state index is 11.0. The van der Waals surface area contributed by atoms with Gasteiger partial charge >= 0.3 is 40.0 Å². The van der Waals surface area contributed by atoms with E-state index in [0.717, 1.165) is 11.8 Å². The first-order valence-corrected chi connectivity index (χ1v) is 5.87. The number of benzene rings is 1. The molecule has 0 saturated heterocycles. The number of hydrogen-bond donors (Lipinski definition) is 1. The SMILES string of the molecule is O=S(=O)(OC=Cc1ccccc1)OCCO.[NaH]. The Kier molecular flexibility index (Phi) is 8.49. The van der Waals surface area contributed by atoms with Crippen molar-refractivity contribution in [2.75, 3.05) is 13.2 Å². The molecule has 90 valence electrons. The van der Waals surface area contributed by atoms with Crippen molar-refractivity contribution in [3.63, 3.8) is 0 Å². The molecule has 1 rings (SSSR count). The van der Waals surface area contributed by atoms with Crippen molar-refractivity contribution in [1.82, 2.24) is 0 Å². The zero-order valence-corrected chi connectivity index (χ0v) is 9.26. The molecule has 7 heteroatoms. The second kappa shape index (κ2) is 8.68. The molecule has 0 aliphatic heterocycles. The molecule has 0 spiro atoms. The average Bonchev–Trinajstić information content (AvgIpc) is 2.28. The van der Waals surface area contributed by atoms with Gasteiger partial charge in [-0.2, -0.15) is 8.42 Å². The van der Waals surface area contributed by atoms with Crippen LogP contribution in [0.25, 0.3) is 6.08 Å². The zero-order chi connectivity index (χ0) is 11.9. The summed E-state index contributed by atoms with van der Waals surface area (Å²) < 4.78 is 30.6. The number of hydrogen-bond acceptors (Lipinski definition) is 5. The molecule has 0 fully saturated rings. The Morgan fingerprint density at radius 3 is 2.47 bits per heavy atom. The fraction of sp³-hybridized carbons (Fsp3) is 0.200. The van der Waals surface area contributed by atoms with E-state index in [1.165, 1.54) is 6.08 Å². The Labute approximate surface area is 123 Å². The molecule has 0 atom stereocenters. The van der Waals surface area contributed by atoms with Crippen molar-refractivity contribution in [1.29, 1.82) is 0 Å². The third-order valence-electron chi connectivity index (χ3n) is 1.55. The Morgan fingerprint density at radius 1 is 1.24 bits per heavy atom. The van der Waals surface area contributed by atoms with E-state index < -0.39 is 10.4 Å². The predicted molar refractivity (Wildman–Crippen MR) is 65.7 cm³/mol. The van der Waals surface area contributed by atoms with Gasteiger partial charge in [-0.05, 0) is 11.6 Å². The molecular formula is C10H13NaO5S. The molecule has 0 bridgehead atoms. The summed E-state index contributed by atoms with van der Waals surface area (Å²) >= 11 is 0. The van der Waals surface area contributed by atoms with Crippen LogP contribution in [-0.2, 0) is 18.8 Å². The van der Waals surface area contributed by atoms with Crippen LogP contribution >= 0.6 is 0 Å². The van der Waals surface area contributed by atoms with Gasteiger partial charge in [0.2, 0.25) is 0 Å². The Bertz CT molecular complexity index is 429. The van der Waals surface area contributed by atoms with Gasteiger partial charge in [-0.15, -0.1) is 0 Å². The van der Waals surface area contributed by atoms with Gasteiger partial charge in [0, 0.05) is 0 Å². The van der Waals surface area contributed by atoms with Crippen LogP contribution in [0, 0.1) is 0 Å². The van der Waals surface area contributed by atoms with Crippen LogP contribution < -0.4 is 0 Å². The second-order valence-corrected chi connectivity index (χ2v) is 4.01. The van der Waals surface area contributed by atoms with Crippen molar-refractivity contribution in [3.8, 4) is 0 Å². The number of aliphatic hydroxyl groups excluding tert-OH is 1. The molecule has 1 N–H and O–H groups in total. The normalized spacial score (nSPS) is 11.1. The van der Waals surface area contributed by atoms with Crippen LogP contribution in [0.4, 0.5) is 0 Å². The summed E-state index contributed by atoms with van der Waals surface area (Å²) in [6, 6.07) is 9.06. The standard InChI is InChI=1S/C10H12O5S.Na.H/c11-7-9-15-16(12,13)14-8-6-10-4-2-1-3-5-10;;/h1-6,8,11H,7,9H2;;. The van der Waals surface area contributed by atoms with E-state index in [9.17, 15) is 8.42 Å². The molecule has 0 radical (unpaired) electrons. The predicted octanol–water partition coefficient (Wildman–Crippen LogP) is 0.279. The minimum absolute atomic E-state index is 0. The summed E-state index contributed by atoms with van der Waals surface area (Å²) in [5, 5.41) is 8.37. The third-order valence-corrected chi connectivity index (χ3v) is 2.35. The molecule has 0 saturated carbocycles. The van der Waals surface area contributed by atoms with E-state index >= 15 is 0 Å². The fourth-order valence-corrected chi connectivity index (χ4v) is 1.43. The van der Waals surface area contributed by atoms with Gasteiger partial charge in [-0.1, -0.05) is 30.3 Å². The van der Waals surface area contributed by atoms with E-state index in [0.29, 0.717) is 0 Å². The quantitative estimate of drug-likeness (QED) is 0.592. The molecular weight excluding hydrogens is 255 g/mol. The van der Waals surface area contributed by atoms with Gasteiger partial charge in [-0.25, -0.2) is 4.18 Å². The molecule has 0 aromatic heterocycles. The molecule has 1 aromatic carbocycles. The van der Waals surface area contributed by atoms with E-state index in [4.69, 9.17) is 5.11 Å². The summed E-state index contributed by atoms with van der Waals surface area (Å²) in [6.07, 6.45) is 2.50. The van der Waals surface area contributed by atoms with Gasteiger partial charge in [0.1, 0.15) is 6.26 Å². The first-order valence-electron chi connectivity index (χ1n) is 4.54.